The molecular weight excluding hydrogens is 261 g/mol. The molecule has 0 spiro atoms. The van der Waals surface area contributed by atoms with Crippen molar-refractivity contribution in [3.63, 3.8) is 0 Å². The van der Waals surface area contributed by atoms with E-state index >= 15 is 0 Å². The molecule has 0 radical (unpaired) electrons. The van der Waals surface area contributed by atoms with Gasteiger partial charge in [0.1, 0.15) is 5.82 Å². The van der Waals surface area contributed by atoms with Crippen molar-refractivity contribution in [2.45, 2.75) is 18.9 Å². The largest absolute Gasteiger partial charge is 0.394 e. The lowest BCUT2D eigenvalue weighted by molar-refractivity contribution is 0.0158. The molecule has 1 fully saturated rings. The van der Waals surface area contributed by atoms with Gasteiger partial charge in [0, 0.05) is 13.1 Å². The Morgan fingerprint density at radius 2 is 2.20 bits per heavy atom. The van der Waals surface area contributed by atoms with Crippen molar-refractivity contribution < 1.29 is 14.2 Å². The fourth-order valence-corrected chi connectivity index (χ4v) is 2.57. The lowest BCUT2D eigenvalue weighted by Crippen LogP contribution is -2.37. The highest BCUT2D eigenvalue weighted by Crippen LogP contribution is 2.22. The highest BCUT2D eigenvalue weighted by molar-refractivity contribution is 5.77. The zero-order valence-electron chi connectivity index (χ0n) is 11.2. The average molecular weight is 279 g/mol. The molecule has 1 aromatic carbocycles. The predicted octanol–water partition coefficient (Wildman–Crippen LogP) is 1.68. The first-order chi connectivity index (χ1) is 9.76. The second kappa shape index (κ2) is 5.76. The van der Waals surface area contributed by atoms with Crippen LogP contribution < -0.4 is 4.90 Å². The lowest BCUT2D eigenvalue weighted by atomic mass is 10.1. The Morgan fingerprint density at radius 1 is 1.40 bits per heavy atom. The van der Waals surface area contributed by atoms with Gasteiger partial charge in [0.05, 0.1) is 30.4 Å². The van der Waals surface area contributed by atoms with Gasteiger partial charge in [0.15, 0.2) is 0 Å². The Labute approximate surface area is 116 Å². The summed E-state index contributed by atoms with van der Waals surface area (Å²) in [5, 5.41) is 8.75. The standard InChI is InChI=1S/C14H18FN3O2/c15-10-1-2-12-13(9-10)17-14(16-12)18-5-3-11(4-6-18)20-8-7-19/h1-2,9,11,19H,3-8H2,(H,16,17). The first-order valence-electron chi connectivity index (χ1n) is 6.89. The molecule has 0 saturated carbocycles. The number of anilines is 1. The molecular formula is C14H18FN3O2. The van der Waals surface area contributed by atoms with Crippen LogP contribution in [0.25, 0.3) is 11.0 Å². The van der Waals surface area contributed by atoms with Crippen LogP contribution in [0.15, 0.2) is 18.2 Å². The molecule has 108 valence electrons. The zero-order chi connectivity index (χ0) is 13.9. The summed E-state index contributed by atoms with van der Waals surface area (Å²) in [6.07, 6.45) is 2.02. The maximum atomic E-state index is 13.2. The molecule has 20 heavy (non-hydrogen) atoms. The number of aromatic amines is 1. The molecule has 0 amide bonds. The number of benzene rings is 1. The van der Waals surface area contributed by atoms with Crippen LogP contribution in [-0.2, 0) is 4.74 Å². The number of aliphatic hydroxyl groups is 1. The molecule has 0 aliphatic carbocycles. The van der Waals surface area contributed by atoms with Gasteiger partial charge >= 0.3 is 0 Å². The molecule has 2 heterocycles. The third-order valence-electron chi connectivity index (χ3n) is 3.62. The van der Waals surface area contributed by atoms with E-state index in [2.05, 4.69) is 14.9 Å². The molecule has 5 nitrogen and oxygen atoms in total. The summed E-state index contributed by atoms with van der Waals surface area (Å²) in [7, 11) is 0. The summed E-state index contributed by atoms with van der Waals surface area (Å²) in [5.41, 5.74) is 1.50. The van der Waals surface area contributed by atoms with E-state index in [1.165, 1.54) is 12.1 Å². The van der Waals surface area contributed by atoms with Crippen LogP contribution in [0.3, 0.4) is 0 Å². The predicted molar refractivity (Wildman–Crippen MR) is 74.3 cm³/mol. The second-order valence-electron chi connectivity index (χ2n) is 5.00. The third kappa shape index (κ3) is 2.76. The molecule has 2 aromatic rings. The Hall–Kier alpha value is -1.66. The van der Waals surface area contributed by atoms with Crippen LogP contribution in [0, 0.1) is 5.82 Å². The fourth-order valence-electron chi connectivity index (χ4n) is 2.57. The van der Waals surface area contributed by atoms with Gasteiger partial charge in [-0.2, -0.15) is 0 Å². The van der Waals surface area contributed by atoms with Crippen molar-refractivity contribution >= 4 is 17.0 Å². The Morgan fingerprint density at radius 3 is 2.95 bits per heavy atom. The molecule has 0 atom stereocenters. The van der Waals surface area contributed by atoms with Crippen LogP contribution in [0.4, 0.5) is 10.3 Å². The van der Waals surface area contributed by atoms with Gasteiger partial charge in [-0.3, -0.25) is 0 Å². The number of aromatic nitrogens is 2. The minimum Gasteiger partial charge on any atom is -0.394 e. The Balaban J connectivity index is 1.67. The molecule has 0 bridgehead atoms. The van der Waals surface area contributed by atoms with E-state index in [1.54, 1.807) is 6.07 Å². The minimum atomic E-state index is -0.260. The van der Waals surface area contributed by atoms with Gasteiger partial charge in [0.2, 0.25) is 5.95 Å². The van der Waals surface area contributed by atoms with Gasteiger partial charge in [0.25, 0.3) is 0 Å². The average Bonchev–Trinajstić information content (AvgIpc) is 2.88. The summed E-state index contributed by atoms with van der Waals surface area (Å²) in [4.78, 5) is 9.80. The van der Waals surface area contributed by atoms with E-state index in [1.807, 2.05) is 0 Å². The zero-order valence-corrected chi connectivity index (χ0v) is 11.2. The second-order valence-corrected chi connectivity index (χ2v) is 5.00. The number of piperidine rings is 1. The van der Waals surface area contributed by atoms with E-state index < -0.39 is 0 Å². The first kappa shape index (κ1) is 13.3. The van der Waals surface area contributed by atoms with Crippen LogP contribution in [0.2, 0.25) is 0 Å². The van der Waals surface area contributed by atoms with Crippen molar-refractivity contribution in [2.24, 2.45) is 0 Å². The summed E-state index contributed by atoms with van der Waals surface area (Å²) in [6, 6.07) is 4.56. The quantitative estimate of drug-likeness (QED) is 0.894. The smallest absolute Gasteiger partial charge is 0.203 e. The number of ether oxygens (including phenoxy) is 1. The molecule has 3 rings (SSSR count). The van der Waals surface area contributed by atoms with Crippen LogP contribution >= 0.6 is 0 Å². The first-order valence-corrected chi connectivity index (χ1v) is 6.89. The summed E-state index contributed by atoms with van der Waals surface area (Å²) < 4.78 is 18.7. The maximum absolute atomic E-state index is 13.2. The number of H-pyrrole nitrogens is 1. The summed E-state index contributed by atoms with van der Waals surface area (Å²) in [6.45, 7) is 2.15. The Bertz CT molecular complexity index is 579. The number of nitrogens with one attached hydrogen (secondary N) is 1. The topological polar surface area (TPSA) is 61.4 Å². The Kier molecular flexibility index (Phi) is 3.84. The fraction of sp³-hybridized carbons (Fsp3) is 0.500. The normalized spacial score (nSPS) is 17.0. The molecule has 1 aliphatic rings. The monoisotopic (exact) mass is 279 g/mol. The van der Waals surface area contributed by atoms with E-state index in [0.717, 1.165) is 42.9 Å². The highest BCUT2D eigenvalue weighted by Gasteiger charge is 2.21. The molecule has 6 heteroatoms. The van der Waals surface area contributed by atoms with Gasteiger partial charge in [-0.25, -0.2) is 9.37 Å². The van der Waals surface area contributed by atoms with Gasteiger partial charge in [-0.15, -0.1) is 0 Å². The number of nitrogens with zero attached hydrogens (tertiary/aromatic N) is 2. The van der Waals surface area contributed by atoms with Gasteiger partial charge < -0.3 is 19.7 Å². The van der Waals surface area contributed by atoms with Crippen LogP contribution in [-0.4, -0.2) is 47.5 Å². The molecule has 1 aromatic heterocycles. The van der Waals surface area contributed by atoms with Crippen LogP contribution in [0.5, 0.6) is 0 Å². The summed E-state index contributed by atoms with van der Waals surface area (Å²) in [5.74, 6) is 0.523. The number of fused-ring (bicyclic) bond motifs is 1. The lowest BCUT2D eigenvalue weighted by Gasteiger charge is -2.31. The maximum Gasteiger partial charge on any atom is 0.203 e. The third-order valence-corrected chi connectivity index (χ3v) is 3.62. The number of halogens is 1. The van der Waals surface area contributed by atoms with Crippen molar-refractivity contribution in [3.8, 4) is 0 Å². The molecule has 0 unspecified atom stereocenters. The van der Waals surface area contributed by atoms with Crippen molar-refractivity contribution in [2.75, 3.05) is 31.2 Å². The summed E-state index contributed by atoms with van der Waals surface area (Å²) >= 11 is 0. The van der Waals surface area contributed by atoms with Crippen molar-refractivity contribution in [1.29, 1.82) is 0 Å². The van der Waals surface area contributed by atoms with Crippen molar-refractivity contribution in [1.82, 2.24) is 9.97 Å². The van der Waals surface area contributed by atoms with Crippen molar-refractivity contribution in [3.05, 3.63) is 24.0 Å². The number of aliphatic hydroxyl groups excluding tert-OH is 1. The number of hydrogen-bond acceptors (Lipinski definition) is 4. The van der Waals surface area contributed by atoms with Crippen LogP contribution in [0.1, 0.15) is 12.8 Å². The van der Waals surface area contributed by atoms with Gasteiger partial charge in [-0.1, -0.05) is 0 Å². The molecule has 1 aliphatic heterocycles. The minimum absolute atomic E-state index is 0.0648. The number of imidazole rings is 1. The van der Waals surface area contributed by atoms with E-state index in [0.29, 0.717) is 6.61 Å². The SMILES string of the molecule is OCCOC1CCN(c2nc3ccc(F)cc3[nH]2)CC1. The van der Waals surface area contributed by atoms with E-state index in [4.69, 9.17) is 9.84 Å². The molecule has 2 N–H and O–H groups in total. The van der Waals surface area contributed by atoms with Gasteiger partial charge in [-0.05, 0) is 31.0 Å². The number of hydrogen-bond donors (Lipinski definition) is 2. The highest BCUT2D eigenvalue weighted by atomic mass is 19.1. The van der Waals surface area contributed by atoms with E-state index in [-0.39, 0.29) is 18.5 Å². The number of rotatable bonds is 4. The van der Waals surface area contributed by atoms with E-state index in [9.17, 15) is 4.39 Å². The molecule has 1 saturated heterocycles.